The molecule has 41 heavy (non-hydrogen) atoms. The summed E-state index contributed by atoms with van der Waals surface area (Å²) in [6.07, 6.45) is 1.68. The average molecular weight is 560 g/mol. The van der Waals surface area contributed by atoms with Gasteiger partial charge in [0.1, 0.15) is 30.2 Å². The van der Waals surface area contributed by atoms with E-state index in [1.807, 2.05) is 26.0 Å². The number of aliphatic hydroxyl groups excluding tert-OH is 1. The van der Waals surface area contributed by atoms with E-state index in [4.69, 9.17) is 5.73 Å². The number of benzene rings is 3. The molecule has 4 N–H and O–H groups in total. The molecule has 0 radical (unpaired) electrons. The zero-order valence-electron chi connectivity index (χ0n) is 22.4. The highest BCUT2D eigenvalue weighted by Gasteiger charge is 2.23. The summed E-state index contributed by atoms with van der Waals surface area (Å²) in [5.74, 6) is -2.57. The van der Waals surface area contributed by atoms with E-state index in [1.54, 1.807) is 23.0 Å². The van der Waals surface area contributed by atoms with Gasteiger partial charge in [0.2, 0.25) is 5.91 Å². The largest absolute Gasteiger partial charge is 0.374 e. The summed E-state index contributed by atoms with van der Waals surface area (Å²) in [5.41, 5.74) is 10.1. The van der Waals surface area contributed by atoms with Gasteiger partial charge in [0.05, 0.1) is 23.4 Å². The quantitative estimate of drug-likeness (QED) is 0.227. The van der Waals surface area contributed by atoms with Crippen molar-refractivity contribution < 1.29 is 23.1 Å². The van der Waals surface area contributed by atoms with Gasteiger partial charge in [0.15, 0.2) is 0 Å². The first-order valence-corrected chi connectivity index (χ1v) is 12.9. The number of aliphatic hydroxyl groups is 1. The number of carbonyl (C=O) groups excluding carboxylic acids is 1. The van der Waals surface area contributed by atoms with Crippen LogP contribution >= 0.6 is 0 Å². The molecule has 0 spiro atoms. The molecule has 0 aliphatic carbocycles. The van der Waals surface area contributed by atoms with Crippen LogP contribution in [0.3, 0.4) is 0 Å². The Bertz CT molecular complexity index is 1730. The molecule has 2 aromatic heterocycles. The molecular formula is C31H28F3N5O2. The van der Waals surface area contributed by atoms with Crippen LogP contribution < -0.4 is 11.1 Å². The van der Waals surface area contributed by atoms with Crippen LogP contribution in [0, 0.1) is 31.3 Å². The molecule has 5 aromatic rings. The Hall–Kier alpha value is -4.54. The molecule has 0 aliphatic rings. The monoisotopic (exact) mass is 559 g/mol. The van der Waals surface area contributed by atoms with Crippen LogP contribution in [0.5, 0.6) is 0 Å². The van der Waals surface area contributed by atoms with Gasteiger partial charge in [-0.05, 0) is 85.0 Å². The van der Waals surface area contributed by atoms with Crippen molar-refractivity contribution in [2.45, 2.75) is 39.1 Å². The topological polar surface area (TPSA) is 106 Å². The van der Waals surface area contributed by atoms with Crippen molar-refractivity contribution in [1.29, 1.82) is 0 Å². The van der Waals surface area contributed by atoms with Gasteiger partial charge < -0.3 is 16.2 Å². The zero-order valence-corrected chi connectivity index (χ0v) is 22.4. The lowest BCUT2D eigenvalue weighted by molar-refractivity contribution is -0.122. The molecule has 0 bridgehead atoms. The first-order chi connectivity index (χ1) is 19.6. The van der Waals surface area contributed by atoms with E-state index in [9.17, 15) is 23.1 Å². The minimum Gasteiger partial charge on any atom is -0.374 e. The van der Waals surface area contributed by atoms with Crippen molar-refractivity contribution in [3.63, 3.8) is 0 Å². The van der Waals surface area contributed by atoms with Gasteiger partial charge in [-0.2, -0.15) is 5.10 Å². The summed E-state index contributed by atoms with van der Waals surface area (Å²) >= 11 is 0. The number of pyridine rings is 1. The third kappa shape index (κ3) is 6.13. The van der Waals surface area contributed by atoms with Gasteiger partial charge in [-0.25, -0.2) is 13.2 Å². The number of nitrogens with two attached hydrogens (primary N) is 1. The van der Waals surface area contributed by atoms with Crippen LogP contribution in [-0.2, 0) is 17.8 Å². The molecule has 0 fully saturated rings. The maximum atomic E-state index is 14.3. The third-order valence-corrected chi connectivity index (χ3v) is 7.04. The standard InChI is InChI=1S/C31H28F3N5O2/c1-17-8-21-15-37-39(28(21)9-18(17)2)16-29(40)38-27(12-19-10-22(32)14-23(33)11-19)30-24(4-3-7-36-30)20-5-6-26(34)25(13-20)31(35)41/h3-11,13-15,27,31,41H,12,16,35H2,1-2H3,(H,38,40). The Morgan fingerprint density at radius 2 is 1.76 bits per heavy atom. The van der Waals surface area contributed by atoms with Crippen molar-refractivity contribution in [2.24, 2.45) is 5.73 Å². The molecule has 0 aliphatic heterocycles. The second-order valence-electron chi connectivity index (χ2n) is 10.0. The number of hydrogen-bond acceptors (Lipinski definition) is 5. The minimum atomic E-state index is -1.54. The number of aryl methyl sites for hydroxylation is 2. The van der Waals surface area contributed by atoms with Crippen LogP contribution in [0.4, 0.5) is 13.2 Å². The van der Waals surface area contributed by atoms with Gasteiger partial charge in [-0.15, -0.1) is 0 Å². The molecule has 10 heteroatoms. The van der Waals surface area contributed by atoms with E-state index >= 15 is 0 Å². The Balaban J connectivity index is 1.52. The van der Waals surface area contributed by atoms with Crippen molar-refractivity contribution in [1.82, 2.24) is 20.1 Å². The summed E-state index contributed by atoms with van der Waals surface area (Å²) in [6.45, 7) is 3.87. The lowest BCUT2D eigenvalue weighted by atomic mass is 9.94. The molecule has 2 heterocycles. The molecule has 210 valence electrons. The lowest BCUT2D eigenvalue weighted by Crippen LogP contribution is -2.34. The van der Waals surface area contributed by atoms with Crippen molar-refractivity contribution in [2.75, 3.05) is 0 Å². The first-order valence-electron chi connectivity index (χ1n) is 12.9. The molecule has 2 atom stereocenters. The number of carbonyl (C=O) groups is 1. The molecule has 3 aromatic carbocycles. The summed E-state index contributed by atoms with van der Waals surface area (Å²) in [4.78, 5) is 17.9. The van der Waals surface area contributed by atoms with Crippen molar-refractivity contribution in [3.05, 3.63) is 118 Å². The number of halogens is 3. The predicted molar refractivity (Wildman–Crippen MR) is 149 cm³/mol. The van der Waals surface area contributed by atoms with Crippen LogP contribution in [0.1, 0.15) is 40.2 Å². The van der Waals surface area contributed by atoms with Crippen LogP contribution in [0.2, 0.25) is 0 Å². The number of amides is 1. The van der Waals surface area contributed by atoms with Gasteiger partial charge in [0, 0.05) is 28.8 Å². The summed E-state index contributed by atoms with van der Waals surface area (Å²) < 4.78 is 44.0. The SMILES string of the molecule is Cc1cc2cnn(CC(=O)NC(Cc3cc(F)cc(F)c3)c3ncccc3-c3ccc(F)c(C(N)O)c3)c2cc1C. The average Bonchev–Trinajstić information content (AvgIpc) is 3.28. The summed E-state index contributed by atoms with van der Waals surface area (Å²) in [5, 5.41) is 18.1. The Labute approximate surface area is 234 Å². The normalized spacial score (nSPS) is 12.9. The van der Waals surface area contributed by atoms with Crippen molar-refractivity contribution in [3.8, 4) is 11.1 Å². The summed E-state index contributed by atoms with van der Waals surface area (Å²) in [6, 6.07) is 13.8. The van der Waals surface area contributed by atoms with E-state index in [0.29, 0.717) is 22.4 Å². The maximum Gasteiger partial charge on any atom is 0.242 e. The van der Waals surface area contributed by atoms with E-state index in [0.717, 1.165) is 28.1 Å². The highest BCUT2D eigenvalue weighted by molar-refractivity contribution is 5.83. The van der Waals surface area contributed by atoms with Crippen LogP contribution in [0.25, 0.3) is 22.0 Å². The number of aromatic nitrogens is 3. The molecule has 0 saturated carbocycles. The fourth-order valence-corrected chi connectivity index (χ4v) is 4.90. The molecule has 2 unspecified atom stereocenters. The second kappa shape index (κ2) is 11.5. The molecule has 7 nitrogen and oxygen atoms in total. The molecule has 5 rings (SSSR count). The number of hydrogen-bond donors (Lipinski definition) is 3. The van der Waals surface area contributed by atoms with Gasteiger partial charge in [0.25, 0.3) is 0 Å². The van der Waals surface area contributed by atoms with Crippen LogP contribution in [-0.4, -0.2) is 25.8 Å². The van der Waals surface area contributed by atoms with Crippen LogP contribution in [0.15, 0.2) is 73.1 Å². The highest BCUT2D eigenvalue weighted by Crippen LogP contribution is 2.31. The number of nitrogens with one attached hydrogen (secondary N) is 1. The predicted octanol–water partition coefficient (Wildman–Crippen LogP) is 5.18. The van der Waals surface area contributed by atoms with Gasteiger partial charge in [-0.1, -0.05) is 12.1 Å². The van der Waals surface area contributed by atoms with Gasteiger partial charge >= 0.3 is 0 Å². The number of rotatable bonds is 8. The lowest BCUT2D eigenvalue weighted by Gasteiger charge is -2.22. The summed E-state index contributed by atoms with van der Waals surface area (Å²) in [7, 11) is 0. The first kappa shape index (κ1) is 28.0. The molecule has 0 saturated heterocycles. The minimum absolute atomic E-state index is 0.0101. The molecule has 1 amide bonds. The maximum absolute atomic E-state index is 14.3. The number of nitrogens with zero attached hydrogens (tertiary/aromatic N) is 3. The Kier molecular flexibility index (Phi) is 7.87. The fourth-order valence-electron chi connectivity index (χ4n) is 4.90. The smallest absolute Gasteiger partial charge is 0.242 e. The second-order valence-corrected chi connectivity index (χ2v) is 10.0. The fraction of sp³-hybridized carbons (Fsp3) is 0.194. The van der Waals surface area contributed by atoms with Crippen molar-refractivity contribution >= 4 is 16.8 Å². The Morgan fingerprint density at radius 1 is 1.02 bits per heavy atom. The zero-order chi connectivity index (χ0) is 29.3. The Morgan fingerprint density at radius 3 is 2.49 bits per heavy atom. The third-order valence-electron chi connectivity index (χ3n) is 7.04. The number of fused-ring (bicyclic) bond motifs is 1. The highest BCUT2D eigenvalue weighted by atomic mass is 19.1. The van der Waals surface area contributed by atoms with E-state index in [1.165, 1.54) is 36.5 Å². The van der Waals surface area contributed by atoms with E-state index in [-0.39, 0.29) is 18.5 Å². The molecular weight excluding hydrogens is 531 g/mol. The van der Waals surface area contributed by atoms with E-state index in [2.05, 4.69) is 15.4 Å². The van der Waals surface area contributed by atoms with E-state index < -0.39 is 35.6 Å². The van der Waals surface area contributed by atoms with Gasteiger partial charge in [-0.3, -0.25) is 14.5 Å².